The lowest BCUT2D eigenvalue weighted by Gasteiger charge is -2.39. The molecule has 0 saturated heterocycles. The van der Waals surface area contributed by atoms with Gasteiger partial charge in [-0.15, -0.1) is 11.3 Å². The van der Waals surface area contributed by atoms with Crippen LogP contribution in [-0.2, 0) is 21.6 Å². The third-order valence-electron chi connectivity index (χ3n) is 4.78. The van der Waals surface area contributed by atoms with Gasteiger partial charge in [0.2, 0.25) is 0 Å². The maximum absolute atomic E-state index is 13.2. The summed E-state index contributed by atoms with van der Waals surface area (Å²) in [5, 5.41) is 2.68. The molecule has 0 N–H and O–H groups in total. The predicted octanol–water partition coefficient (Wildman–Crippen LogP) is 4.51. The number of rotatable bonds is 5. The first-order chi connectivity index (χ1) is 12.7. The maximum atomic E-state index is 13.2. The van der Waals surface area contributed by atoms with Crippen molar-refractivity contribution in [1.29, 1.82) is 0 Å². The van der Waals surface area contributed by atoms with Gasteiger partial charge in [0.05, 0.1) is 16.8 Å². The summed E-state index contributed by atoms with van der Waals surface area (Å²) in [4.78, 5) is 21.5. The van der Waals surface area contributed by atoms with Crippen LogP contribution in [0.5, 0.6) is 0 Å². The zero-order chi connectivity index (χ0) is 18.0. The normalized spacial score (nSPS) is 15.3. The Balaban J connectivity index is 1.45. The van der Waals surface area contributed by atoms with Crippen molar-refractivity contribution in [3.63, 3.8) is 0 Å². The molecule has 2 aromatic heterocycles. The van der Waals surface area contributed by atoms with E-state index in [1.54, 1.807) is 18.3 Å². The minimum atomic E-state index is -0.645. The average molecular weight is 368 g/mol. The first kappa shape index (κ1) is 16.8. The van der Waals surface area contributed by atoms with Gasteiger partial charge in [-0.3, -0.25) is 9.78 Å². The number of pyridine rings is 1. The first-order valence-corrected chi connectivity index (χ1v) is 9.34. The zero-order valence-electron chi connectivity index (χ0n) is 14.0. The quantitative estimate of drug-likeness (QED) is 0.622. The smallest absolute Gasteiger partial charge is 0.316 e. The van der Waals surface area contributed by atoms with Gasteiger partial charge in [0, 0.05) is 11.6 Å². The molecule has 2 heterocycles. The monoisotopic (exact) mass is 368 g/mol. The van der Waals surface area contributed by atoms with Gasteiger partial charge in [0.1, 0.15) is 17.4 Å². The number of ether oxygens (including phenoxy) is 1. The standard InChI is InChI=1S/C20H17FN2O2S/c21-15-7-5-14(6-8-15)20(9-3-10-20)19(24)25-12-16-13-26-18(23-16)17-4-1-2-11-22-17/h1-2,4-8,11,13H,3,9-10,12H2. The molecular weight excluding hydrogens is 351 g/mol. The molecule has 0 aliphatic heterocycles. The van der Waals surface area contributed by atoms with Crippen molar-refractivity contribution in [2.75, 3.05) is 0 Å². The second-order valence-electron chi connectivity index (χ2n) is 6.38. The van der Waals surface area contributed by atoms with E-state index < -0.39 is 5.41 Å². The molecule has 1 fully saturated rings. The third kappa shape index (κ3) is 3.12. The number of nitrogens with zero attached hydrogens (tertiary/aromatic N) is 2. The minimum Gasteiger partial charge on any atom is -0.458 e. The van der Waals surface area contributed by atoms with Crippen LogP contribution in [0.2, 0.25) is 0 Å². The molecule has 4 nitrogen and oxygen atoms in total. The van der Waals surface area contributed by atoms with E-state index >= 15 is 0 Å². The van der Waals surface area contributed by atoms with Gasteiger partial charge in [-0.05, 0) is 42.7 Å². The lowest BCUT2D eigenvalue weighted by molar-refractivity contribution is -0.156. The molecule has 26 heavy (non-hydrogen) atoms. The maximum Gasteiger partial charge on any atom is 0.316 e. The van der Waals surface area contributed by atoms with Crippen molar-refractivity contribution >= 4 is 17.3 Å². The van der Waals surface area contributed by atoms with Crippen LogP contribution >= 0.6 is 11.3 Å². The summed E-state index contributed by atoms with van der Waals surface area (Å²) in [6.07, 6.45) is 4.15. The van der Waals surface area contributed by atoms with Crippen molar-refractivity contribution in [3.05, 3.63) is 71.1 Å². The Bertz CT molecular complexity index is 905. The number of hydrogen-bond donors (Lipinski definition) is 0. The highest BCUT2D eigenvalue weighted by atomic mass is 32.1. The molecule has 0 amide bonds. The number of carbonyl (C=O) groups excluding carboxylic acids is 1. The predicted molar refractivity (Wildman–Crippen MR) is 97.1 cm³/mol. The Morgan fingerprint density at radius 2 is 2.00 bits per heavy atom. The van der Waals surface area contributed by atoms with E-state index in [4.69, 9.17) is 4.74 Å². The summed E-state index contributed by atoms with van der Waals surface area (Å²) in [5.41, 5.74) is 1.69. The van der Waals surface area contributed by atoms with E-state index in [0.29, 0.717) is 5.69 Å². The van der Waals surface area contributed by atoms with Crippen LogP contribution < -0.4 is 0 Å². The molecule has 0 spiro atoms. The molecule has 0 unspecified atom stereocenters. The fourth-order valence-electron chi connectivity index (χ4n) is 3.17. The first-order valence-electron chi connectivity index (χ1n) is 8.46. The van der Waals surface area contributed by atoms with Crippen LogP contribution in [0.4, 0.5) is 4.39 Å². The van der Waals surface area contributed by atoms with E-state index in [1.165, 1.54) is 23.5 Å². The number of esters is 1. The Labute approximate surface area is 154 Å². The third-order valence-corrected chi connectivity index (χ3v) is 5.70. The van der Waals surface area contributed by atoms with Gasteiger partial charge >= 0.3 is 5.97 Å². The zero-order valence-corrected chi connectivity index (χ0v) is 14.8. The largest absolute Gasteiger partial charge is 0.458 e. The summed E-state index contributed by atoms with van der Waals surface area (Å²) in [7, 11) is 0. The number of hydrogen-bond acceptors (Lipinski definition) is 5. The molecule has 1 aromatic carbocycles. The number of thiazole rings is 1. The Morgan fingerprint density at radius 1 is 1.19 bits per heavy atom. The number of benzene rings is 1. The van der Waals surface area contributed by atoms with E-state index in [-0.39, 0.29) is 18.4 Å². The van der Waals surface area contributed by atoms with Gasteiger partial charge in [-0.25, -0.2) is 9.37 Å². The molecule has 1 aliphatic rings. The summed E-state index contributed by atoms with van der Waals surface area (Å²) in [6, 6.07) is 11.8. The molecule has 0 bridgehead atoms. The van der Waals surface area contributed by atoms with Crippen molar-refractivity contribution in [2.24, 2.45) is 0 Å². The van der Waals surface area contributed by atoms with Crippen LogP contribution in [0.15, 0.2) is 54.0 Å². The number of carbonyl (C=O) groups is 1. The van der Waals surface area contributed by atoms with E-state index in [2.05, 4.69) is 9.97 Å². The molecule has 1 aliphatic carbocycles. The lowest BCUT2D eigenvalue weighted by atomic mass is 9.64. The van der Waals surface area contributed by atoms with E-state index in [1.807, 2.05) is 23.6 Å². The Hall–Kier alpha value is -2.60. The van der Waals surface area contributed by atoms with Gasteiger partial charge < -0.3 is 4.74 Å². The summed E-state index contributed by atoms with van der Waals surface area (Å²) in [6.45, 7) is 0.130. The van der Waals surface area contributed by atoms with Crippen LogP contribution in [0.25, 0.3) is 10.7 Å². The lowest BCUT2D eigenvalue weighted by Crippen LogP contribution is -2.43. The molecule has 0 radical (unpaired) electrons. The molecule has 6 heteroatoms. The van der Waals surface area contributed by atoms with Crippen molar-refractivity contribution in [3.8, 4) is 10.7 Å². The number of aromatic nitrogens is 2. The Kier molecular flexibility index (Phi) is 4.51. The number of halogens is 1. The van der Waals surface area contributed by atoms with Crippen molar-refractivity contribution < 1.29 is 13.9 Å². The van der Waals surface area contributed by atoms with Gasteiger partial charge in [-0.2, -0.15) is 0 Å². The van der Waals surface area contributed by atoms with E-state index in [9.17, 15) is 9.18 Å². The minimum absolute atomic E-state index is 0.130. The fraction of sp³-hybridized carbons (Fsp3) is 0.250. The fourth-order valence-corrected chi connectivity index (χ4v) is 3.95. The highest BCUT2D eigenvalue weighted by molar-refractivity contribution is 7.13. The molecular formula is C20H17FN2O2S. The molecule has 1 saturated carbocycles. The van der Waals surface area contributed by atoms with Crippen LogP contribution in [0.3, 0.4) is 0 Å². The SMILES string of the molecule is O=C(OCc1csc(-c2ccccn2)n1)C1(c2ccc(F)cc2)CCC1. The van der Waals surface area contributed by atoms with Gasteiger partial charge in [0.15, 0.2) is 0 Å². The topological polar surface area (TPSA) is 52.1 Å². The summed E-state index contributed by atoms with van der Waals surface area (Å²) in [5.74, 6) is -0.566. The van der Waals surface area contributed by atoms with E-state index in [0.717, 1.165) is 35.5 Å². The molecule has 4 rings (SSSR count). The van der Waals surface area contributed by atoms with Gasteiger partial charge in [-0.1, -0.05) is 24.6 Å². The molecule has 132 valence electrons. The van der Waals surface area contributed by atoms with Crippen LogP contribution in [0, 0.1) is 5.82 Å². The highest BCUT2D eigenvalue weighted by Gasteiger charge is 2.47. The van der Waals surface area contributed by atoms with Crippen LogP contribution in [-0.4, -0.2) is 15.9 Å². The van der Waals surface area contributed by atoms with Crippen molar-refractivity contribution in [2.45, 2.75) is 31.3 Å². The van der Waals surface area contributed by atoms with Gasteiger partial charge in [0.25, 0.3) is 0 Å². The molecule has 0 atom stereocenters. The molecule has 3 aromatic rings. The Morgan fingerprint density at radius 3 is 2.65 bits per heavy atom. The second-order valence-corrected chi connectivity index (χ2v) is 7.24. The highest BCUT2D eigenvalue weighted by Crippen LogP contribution is 2.45. The average Bonchev–Trinajstić information content (AvgIpc) is 3.10. The van der Waals surface area contributed by atoms with Crippen molar-refractivity contribution in [1.82, 2.24) is 9.97 Å². The van der Waals surface area contributed by atoms with Crippen LogP contribution in [0.1, 0.15) is 30.5 Å². The second kappa shape index (κ2) is 6.96. The summed E-state index contributed by atoms with van der Waals surface area (Å²) < 4.78 is 18.7. The summed E-state index contributed by atoms with van der Waals surface area (Å²) >= 11 is 1.47.